The highest BCUT2D eigenvalue weighted by atomic mass is 79.9. The molecule has 1 aromatic carbocycles. The summed E-state index contributed by atoms with van der Waals surface area (Å²) in [6.07, 6.45) is 0. The standard InChI is InChI=1S/C9H10BrFN2/c1-2-13-9(12)6-3-7(10)5-8(11)4-6/h3-5H,2H2,1H3,(H2,12,13). The molecule has 1 aromatic rings. The van der Waals surface area contributed by atoms with Crippen molar-refractivity contribution >= 4 is 21.8 Å². The van der Waals surface area contributed by atoms with Gasteiger partial charge in [0.15, 0.2) is 0 Å². The Hall–Kier alpha value is -0.900. The third-order valence-corrected chi connectivity index (χ3v) is 1.94. The predicted molar refractivity (Wildman–Crippen MR) is 55.4 cm³/mol. The van der Waals surface area contributed by atoms with Gasteiger partial charge in [-0.05, 0) is 25.1 Å². The first-order chi connectivity index (χ1) is 6.13. The molecule has 0 bridgehead atoms. The van der Waals surface area contributed by atoms with Crippen molar-refractivity contribution in [2.24, 2.45) is 10.7 Å². The SMILES string of the molecule is CCN=C(N)c1cc(F)cc(Br)c1. The molecule has 13 heavy (non-hydrogen) atoms. The maximum atomic E-state index is 12.9. The Labute approximate surface area is 84.8 Å². The van der Waals surface area contributed by atoms with Crippen LogP contribution in [0.25, 0.3) is 0 Å². The first kappa shape index (κ1) is 10.2. The van der Waals surface area contributed by atoms with Crippen molar-refractivity contribution in [3.63, 3.8) is 0 Å². The van der Waals surface area contributed by atoms with Crippen molar-refractivity contribution in [1.29, 1.82) is 0 Å². The molecule has 0 heterocycles. The normalized spacial score (nSPS) is 11.8. The van der Waals surface area contributed by atoms with Gasteiger partial charge in [-0.25, -0.2) is 4.39 Å². The summed E-state index contributed by atoms with van der Waals surface area (Å²) in [7, 11) is 0. The van der Waals surface area contributed by atoms with Crippen LogP contribution in [-0.4, -0.2) is 12.4 Å². The van der Waals surface area contributed by atoms with E-state index in [1.54, 1.807) is 6.07 Å². The van der Waals surface area contributed by atoms with Gasteiger partial charge in [-0.1, -0.05) is 15.9 Å². The molecule has 0 radical (unpaired) electrons. The van der Waals surface area contributed by atoms with Gasteiger partial charge in [0.2, 0.25) is 0 Å². The van der Waals surface area contributed by atoms with Crippen molar-refractivity contribution in [1.82, 2.24) is 0 Å². The Bertz CT molecular complexity index is 316. The largest absolute Gasteiger partial charge is 0.384 e. The number of hydrogen-bond donors (Lipinski definition) is 1. The second-order valence-electron chi connectivity index (χ2n) is 2.52. The number of halogens is 2. The van der Waals surface area contributed by atoms with Gasteiger partial charge in [-0.2, -0.15) is 0 Å². The highest BCUT2D eigenvalue weighted by molar-refractivity contribution is 9.10. The van der Waals surface area contributed by atoms with E-state index in [2.05, 4.69) is 20.9 Å². The minimum Gasteiger partial charge on any atom is -0.384 e. The van der Waals surface area contributed by atoms with Crippen LogP contribution >= 0.6 is 15.9 Å². The Kier molecular flexibility index (Phi) is 3.42. The van der Waals surface area contributed by atoms with E-state index in [4.69, 9.17) is 5.73 Å². The summed E-state index contributed by atoms with van der Waals surface area (Å²) >= 11 is 3.18. The first-order valence-electron chi connectivity index (χ1n) is 3.90. The van der Waals surface area contributed by atoms with Crippen molar-refractivity contribution in [3.8, 4) is 0 Å². The first-order valence-corrected chi connectivity index (χ1v) is 4.69. The van der Waals surface area contributed by atoms with Crippen LogP contribution in [0.3, 0.4) is 0 Å². The Balaban J connectivity index is 3.08. The average Bonchev–Trinajstić information content (AvgIpc) is 2.03. The highest BCUT2D eigenvalue weighted by Gasteiger charge is 2.01. The van der Waals surface area contributed by atoms with Gasteiger partial charge in [0.05, 0.1) is 0 Å². The van der Waals surface area contributed by atoms with E-state index < -0.39 is 0 Å². The summed E-state index contributed by atoms with van der Waals surface area (Å²) in [5.41, 5.74) is 6.21. The molecule has 0 fully saturated rings. The zero-order chi connectivity index (χ0) is 9.84. The molecule has 2 nitrogen and oxygen atoms in total. The van der Waals surface area contributed by atoms with Crippen LogP contribution in [-0.2, 0) is 0 Å². The fraction of sp³-hybridized carbons (Fsp3) is 0.222. The molecule has 70 valence electrons. The maximum absolute atomic E-state index is 12.9. The summed E-state index contributed by atoms with van der Waals surface area (Å²) in [5, 5.41) is 0. The Morgan fingerprint density at radius 2 is 2.23 bits per heavy atom. The second kappa shape index (κ2) is 4.37. The van der Waals surface area contributed by atoms with E-state index in [0.717, 1.165) is 0 Å². The van der Waals surface area contributed by atoms with E-state index in [0.29, 0.717) is 22.4 Å². The molecular weight excluding hydrogens is 235 g/mol. The lowest BCUT2D eigenvalue weighted by molar-refractivity contribution is 0.626. The van der Waals surface area contributed by atoms with Crippen molar-refractivity contribution < 1.29 is 4.39 Å². The number of rotatable bonds is 2. The van der Waals surface area contributed by atoms with Gasteiger partial charge in [0.1, 0.15) is 11.7 Å². The minimum absolute atomic E-state index is 0.321. The van der Waals surface area contributed by atoms with E-state index >= 15 is 0 Å². The number of nitrogens with zero attached hydrogens (tertiary/aromatic N) is 1. The third-order valence-electron chi connectivity index (χ3n) is 1.49. The molecule has 0 unspecified atom stereocenters. The summed E-state index contributed by atoms with van der Waals surface area (Å²) in [6, 6.07) is 4.47. The van der Waals surface area contributed by atoms with Gasteiger partial charge < -0.3 is 5.73 Å². The number of hydrogen-bond acceptors (Lipinski definition) is 1. The third kappa shape index (κ3) is 2.81. The van der Waals surface area contributed by atoms with Crippen LogP contribution in [0.15, 0.2) is 27.7 Å². The van der Waals surface area contributed by atoms with Crippen LogP contribution in [0.5, 0.6) is 0 Å². The molecule has 0 saturated heterocycles. The zero-order valence-electron chi connectivity index (χ0n) is 7.22. The molecule has 0 amide bonds. The molecule has 2 N–H and O–H groups in total. The topological polar surface area (TPSA) is 38.4 Å². The average molecular weight is 245 g/mol. The Morgan fingerprint density at radius 3 is 2.77 bits per heavy atom. The molecule has 0 aliphatic heterocycles. The van der Waals surface area contributed by atoms with E-state index in [1.807, 2.05) is 6.92 Å². The molecule has 0 saturated carbocycles. The summed E-state index contributed by atoms with van der Waals surface area (Å²) in [5.74, 6) is 0.0429. The number of aliphatic imine (C=N–C) groups is 1. The summed E-state index contributed by atoms with van der Waals surface area (Å²) < 4.78 is 13.6. The fourth-order valence-corrected chi connectivity index (χ4v) is 1.43. The molecule has 0 aromatic heterocycles. The number of amidine groups is 1. The van der Waals surface area contributed by atoms with Crippen LogP contribution in [0, 0.1) is 5.82 Å². The minimum atomic E-state index is -0.321. The van der Waals surface area contributed by atoms with E-state index in [1.165, 1.54) is 12.1 Å². The molecule has 0 spiro atoms. The van der Waals surface area contributed by atoms with Crippen molar-refractivity contribution in [3.05, 3.63) is 34.1 Å². The highest BCUT2D eigenvalue weighted by Crippen LogP contribution is 2.14. The van der Waals surface area contributed by atoms with Gasteiger partial charge in [-0.15, -0.1) is 0 Å². The molecule has 0 aliphatic carbocycles. The van der Waals surface area contributed by atoms with Crippen LogP contribution in [0.1, 0.15) is 12.5 Å². The Morgan fingerprint density at radius 1 is 1.54 bits per heavy atom. The van der Waals surface area contributed by atoms with Gasteiger partial charge in [0.25, 0.3) is 0 Å². The van der Waals surface area contributed by atoms with Crippen LogP contribution in [0.2, 0.25) is 0 Å². The lowest BCUT2D eigenvalue weighted by Gasteiger charge is -2.01. The van der Waals surface area contributed by atoms with E-state index in [-0.39, 0.29) is 5.82 Å². The molecule has 0 atom stereocenters. The van der Waals surface area contributed by atoms with Crippen LogP contribution in [0.4, 0.5) is 4.39 Å². The molecule has 1 rings (SSSR count). The van der Waals surface area contributed by atoms with Gasteiger partial charge >= 0.3 is 0 Å². The van der Waals surface area contributed by atoms with Crippen molar-refractivity contribution in [2.75, 3.05) is 6.54 Å². The smallest absolute Gasteiger partial charge is 0.125 e. The summed E-state index contributed by atoms with van der Waals surface area (Å²) in [6.45, 7) is 2.47. The zero-order valence-corrected chi connectivity index (χ0v) is 8.81. The molecule has 0 aliphatic rings. The fourth-order valence-electron chi connectivity index (χ4n) is 0.963. The number of nitrogens with two attached hydrogens (primary N) is 1. The maximum Gasteiger partial charge on any atom is 0.125 e. The predicted octanol–water partition coefficient (Wildman–Crippen LogP) is 2.31. The van der Waals surface area contributed by atoms with Crippen LogP contribution < -0.4 is 5.73 Å². The monoisotopic (exact) mass is 244 g/mol. The molecule has 4 heteroatoms. The quantitative estimate of drug-likeness (QED) is 0.630. The van der Waals surface area contributed by atoms with E-state index in [9.17, 15) is 4.39 Å². The van der Waals surface area contributed by atoms with Gasteiger partial charge in [-0.3, -0.25) is 4.99 Å². The summed E-state index contributed by atoms with van der Waals surface area (Å²) in [4.78, 5) is 3.98. The lowest BCUT2D eigenvalue weighted by Crippen LogP contribution is -2.13. The lowest BCUT2D eigenvalue weighted by atomic mass is 10.2. The van der Waals surface area contributed by atoms with Gasteiger partial charge in [0, 0.05) is 16.6 Å². The second-order valence-corrected chi connectivity index (χ2v) is 3.43. The van der Waals surface area contributed by atoms with Crippen molar-refractivity contribution in [2.45, 2.75) is 6.92 Å². The number of benzene rings is 1. The molecular formula is C9H10BrFN2.